The van der Waals surface area contributed by atoms with Crippen LogP contribution in [-0.2, 0) is 20.9 Å². The Labute approximate surface area is 211 Å². The van der Waals surface area contributed by atoms with Gasteiger partial charge < -0.3 is 14.8 Å². The van der Waals surface area contributed by atoms with E-state index in [1.54, 1.807) is 30.5 Å². The molecule has 1 aromatic heterocycles. The van der Waals surface area contributed by atoms with Crippen molar-refractivity contribution in [1.82, 2.24) is 15.2 Å². The van der Waals surface area contributed by atoms with E-state index in [4.69, 9.17) is 9.47 Å². The molecule has 1 N–H and O–H groups in total. The minimum absolute atomic E-state index is 0.136. The quantitative estimate of drug-likeness (QED) is 0.394. The van der Waals surface area contributed by atoms with Gasteiger partial charge in [-0.15, -0.1) is 0 Å². The molecule has 3 amide bonds. The van der Waals surface area contributed by atoms with Gasteiger partial charge in [-0.1, -0.05) is 26.0 Å². The number of carbonyl (C=O) groups excluding carboxylic acids is 3. The number of fused-ring (bicyclic) bond motifs is 1. The third-order valence-electron chi connectivity index (χ3n) is 6.47. The molecule has 8 nitrogen and oxygen atoms in total. The zero-order valence-electron chi connectivity index (χ0n) is 21.0. The van der Waals surface area contributed by atoms with Crippen LogP contribution in [-0.4, -0.2) is 40.3 Å². The fraction of sp³-hybridized carbons (Fsp3) is 0.429. The van der Waals surface area contributed by atoms with Crippen LogP contribution in [0.2, 0.25) is 0 Å². The van der Waals surface area contributed by atoms with Crippen molar-refractivity contribution < 1.29 is 23.9 Å². The summed E-state index contributed by atoms with van der Waals surface area (Å²) < 4.78 is 11.3. The Balaban J connectivity index is 1.41. The van der Waals surface area contributed by atoms with Gasteiger partial charge in [-0.2, -0.15) is 0 Å². The first-order chi connectivity index (χ1) is 17.4. The van der Waals surface area contributed by atoms with Gasteiger partial charge in [0.15, 0.2) is 0 Å². The van der Waals surface area contributed by atoms with E-state index in [2.05, 4.69) is 10.3 Å². The Bertz CT molecular complexity index is 1100. The van der Waals surface area contributed by atoms with Crippen LogP contribution in [0.1, 0.15) is 45.6 Å². The molecule has 190 valence electrons. The van der Waals surface area contributed by atoms with E-state index < -0.39 is 6.04 Å². The Morgan fingerprint density at radius 2 is 1.69 bits per heavy atom. The second-order valence-electron chi connectivity index (χ2n) is 9.57. The molecule has 1 aliphatic carbocycles. The Hall–Kier alpha value is -3.68. The number of amides is 3. The fourth-order valence-electron chi connectivity index (χ4n) is 4.72. The highest BCUT2D eigenvalue weighted by Gasteiger charge is 2.51. The molecule has 2 aromatic rings. The van der Waals surface area contributed by atoms with Gasteiger partial charge in [0, 0.05) is 18.8 Å². The normalized spacial score (nSPS) is 19.8. The molecule has 2 heterocycles. The molecule has 0 bridgehead atoms. The summed E-state index contributed by atoms with van der Waals surface area (Å²) in [4.78, 5) is 44.9. The van der Waals surface area contributed by atoms with Gasteiger partial charge >= 0.3 is 0 Å². The number of imide groups is 1. The number of aromatic nitrogens is 1. The predicted molar refractivity (Wildman–Crippen MR) is 134 cm³/mol. The van der Waals surface area contributed by atoms with Gasteiger partial charge in [-0.25, -0.2) is 4.98 Å². The molecule has 36 heavy (non-hydrogen) atoms. The number of rotatable bonds is 10. The summed E-state index contributed by atoms with van der Waals surface area (Å²) in [6.45, 7) is 6.70. The first kappa shape index (κ1) is 25.4. The lowest BCUT2D eigenvalue weighted by molar-refractivity contribution is -0.148. The Morgan fingerprint density at radius 3 is 2.31 bits per heavy atom. The summed E-state index contributed by atoms with van der Waals surface area (Å²) in [6, 6.07) is 9.96. The molecular weight excluding hydrogens is 458 g/mol. The molecule has 4 rings (SSSR count). The number of likely N-dealkylation sites (tertiary alicyclic amines) is 1. The highest BCUT2D eigenvalue weighted by Crippen LogP contribution is 2.37. The highest BCUT2D eigenvalue weighted by atomic mass is 16.5. The number of pyridine rings is 1. The van der Waals surface area contributed by atoms with Crippen LogP contribution >= 0.6 is 0 Å². The van der Waals surface area contributed by atoms with Crippen LogP contribution in [0.15, 0.2) is 54.7 Å². The van der Waals surface area contributed by atoms with Crippen LogP contribution in [0.5, 0.6) is 17.4 Å². The summed E-state index contributed by atoms with van der Waals surface area (Å²) in [5.41, 5.74) is 0.791. The van der Waals surface area contributed by atoms with Gasteiger partial charge in [0.1, 0.15) is 17.5 Å². The molecule has 0 saturated carbocycles. The smallest absolute Gasteiger partial charge is 0.243 e. The van der Waals surface area contributed by atoms with Crippen molar-refractivity contribution >= 4 is 17.7 Å². The minimum Gasteiger partial charge on any atom is -0.494 e. The van der Waals surface area contributed by atoms with E-state index in [9.17, 15) is 14.4 Å². The number of ether oxygens (including phenoxy) is 2. The van der Waals surface area contributed by atoms with Crippen molar-refractivity contribution in [1.29, 1.82) is 0 Å². The molecule has 8 heteroatoms. The number of allylic oxidation sites excluding steroid dienone is 2. The molecule has 2 aliphatic rings. The summed E-state index contributed by atoms with van der Waals surface area (Å²) >= 11 is 0. The number of carbonyl (C=O) groups is 3. The summed E-state index contributed by atoms with van der Waals surface area (Å²) in [6.07, 6.45) is 7.03. The zero-order valence-corrected chi connectivity index (χ0v) is 21.0. The molecule has 1 aromatic carbocycles. The lowest BCUT2D eigenvalue weighted by Crippen LogP contribution is -2.50. The highest BCUT2D eigenvalue weighted by molar-refractivity contribution is 6.08. The second-order valence-corrected chi connectivity index (χ2v) is 9.57. The minimum atomic E-state index is -0.822. The first-order valence-electron chi connectivity index (χ1n) is 12.5. The third kappa shape index (κ3) is 5.75. The van der Waals surface area contributed by atoms with Gasteiger partial charge in [-0.3, -0.25) is 19.3 Å². The number of nitrogens with zero attached hydrogens (tertiary/aromatic N) is 2. The van der Waals surface area contributed by atoms with Crippen molar-refractivity contribution in [3.63, 3.8) is 0 Å². The van der Waals surface area contributed by atoms with Crippen molar-refractivity contribution in [3.8, 4) is 17.4 Å². The summed E-state index contributed by atoms with van der Waals surface area (Å²) in [7, 11) is 0. The third-order valence-corrected chi connectivity index (χ3v) is 6.47. The van der Waals surface area contributed by atoms with Crippen molar-refractivity contribution in [2.75, 3.05) is 6.61 Å². The second kappa shape index (κ2) is 11.4. The molecule has 1 saturated heterocycles. The number of nitrogens with one attached hydrogen (secondary N) is 1. The van der Waals surface area contributed by atoms with E-state index in [1.165, 1.54) is 4.90 Å². The lowest BCUT2D eigenvalue weighted by Gasteiger charge is -2.27. The molecule has 3 unspecified atom stereocenters. The number of benzene rings is 1. The standard InChI is InChI=1S/C28H33N3O5/c1-4-35-20-9-11-21(12-10-20)36-25-16-19(13-14-29-25)17-30-26(32)24(15-18(2)3)31-27(33)22-7-5-6-8-23(22)28(31)34/h5-6,9-14,16,18,22-24H,4,7-8,15,17H2,1-3H3,(H,30,32). The maximum absolute atomic E-state index is 13.3. The van der Waals surface area contributed by atoms with Crippen molar-refractivity contribution in [2.45, 2.75) is 52.6 Å². The van der Waals surface area contributed by atoms with Gasteiger partial charge in [-0.05, 0) is 68.0 Å². The number of hydrogen-bond donors (Lipinski definition) is 1. The van der Waals surface area contributed by atoms with E-state index in [1.807, 2.05) is 45.1 Å². The van der Waals surface area contributed by atoms with E-state index in [0.29, 0.717) is 37.5 Å². The first-order valence-corrected chi connectivity index (χ1v) is 12.5. The summed E-state index contributed by atoms with van der Waals surface area (Å²) in [5.74, 6) is 0.406. The zero-order chi connectivity index (χ0) is 25.7. The maximum Gasteiger partial charge on any atom is 0.243 e. The lowest BCUT2D eigenvalue weighted by atomic mass is 9.85. The Morgan fingerprint density at radius 1 is 1.06 bits per heavy atom. The molecule has 3 atom stereocenters. The molecule has 0 spiro atoms. The molecular formula is C28H33N3O5. The molecule has 1 aliphatic heterocycles. The van der Waals surface area contributed by atoms with E-state index in [0.717, 1.165) is 11.3 Å². The molecule has 1 fully saturated rings. The van der Waals surface area contributed by atoms with Crippen LogP contribution in [0, 0.1) is 17.8 Å². The van der Waals surface area contributed by atoms with Crippen molar-refractivity contribution in [3.05, 3.63) is 60.3 Å². The van der Waals surface area contributed by atoms with Crippen LogP contribution in [0.25, 0.3) is 0 Å². The largest absolute Gasteiger partial charge is 0.494 e. The van der Waals surface area contributed by atoms with Crippen molar-refractivity contribution in [2.24, 2.45) is 17.8 Å². The monoisotopic (exact) mass is 491 g/mol. The SMILES string of the molecule is CCOc1ccc(Oc2cc(CNC(=O)C(CC(C)C)N3C(=O)C4CC=CCC4C3=O)ccn2)cc1. The topological polar surface area (TPSA) is 97.8 Å². The van der Waals surface area contributed by atoms with Crippen LogP contribution in [0.3, 0.4) is 0 Å². The molecule has 0 radical (unpaired) electrons. The fourth-order valence-corrected chi connectivity index (χ4v) is 4.72. The van der Waals surface area contributed by atoms with Gasteiger partial charge in [0.2, 0.25) is 23.6 Å². The average Bonchev–Trinajstić information content (AvgIpc) is 3.12. The maximum atomic E-state index is 13.3. The van der Waals surface area contributed by atoms with E-state index in [-0.39, 0.29) is 42.0 Å². The van der Waals surface area contributed by atoms with E-state index >= 15 is 0 Å². The Kier molecular flexibility index (Phi) is 8.03. The summed E-state index contributed by atoms with van der Waals surface area (Å²) in [5, 5.41) is 2.92. The number of hydrogen-bond acceptors (Lipinski definition) is 6. The average molecular weight is 492 g/mol. The van der Waals surface area contributed by atoms with Crippen LogP contribution < -0.4 is 14.8 Å². The van der Waals surface area contributed by atoms with Gasteiger partial charge in [0.25, 0.3) is 0 Å². The van der Waals surface area contributed by atoms with Gasteiger partial charge in [0.05, 0.1) is 18.4 Å². The predicted octanol–water partition coefficient (Wildman–Crippen LogP) is 4.25. The van der Waals surface area contributed by atoms with Crippen LogP contribution in [0.4, 0.5) is 0 Å².